The molecule has 8 heteroatoms. The average molecular weight is 389 g/mol. The smallest absolute Gasteiger partial charge is 0.283 e. The zero-order valence-electron chi connectivity index (χ0n) is 15.2. The van der Waals surface area contributed by atoms with Crippen LogP contribution in [0.15, 0.2) is 53.3 Å². The fourth-order valence-electron chi connectivity index (χ4n) is 2.89. The molecule has 6 nitrogen and oxygen atoms in total. The van der Waals surface area contributed by atoms with Gasteiger partial charge in [0, 0.05) is 12.6 Å². The number of rotatable bonds is 5. The molecule has 0 saturated carbocycles. The molecule has 0 fully saturated rings. The molecule has 1 heterocycles. The van der Waals surface area contributed by atoms with Crippen LogP contribution in [0, 0.1) is 19.7 Å². The number of aromatic nitrogens is 2. The van der Waals surface area contributed by atoms with E-state index in [1.807, 2.05) is 25.1 Å². The molecule has 2 aromatic carbocycles. The number of sulfonamides is 1. The lowest BCUT2D eigenvalue weighted by Gasteiger charge is -2.08. The molecule has 3 rings (SSSR count). The molecular formula is C19H20FN3O3S. The van der Waals surface area contributed by atoms with Gasteiger partial charge in [-0.2, -0.15) is 0 Å². The van der Waals surface area contributed by atoms with Crippen LogP contribution in [0.2, 0.25) is 0 Å². The Kier molecular flexibility index (Phi) is 4.93. The van der Waals surface area contributed by atoms with E-state index in [0.29, 0.717) is 11.4 Å². The van der Waals surface area contributed by atoms with Gasteiger partial charge in [0.15, 0.2) is 0 Å². The standard InChI is InChI=1S/C19H20FN3O3S/c1-13-7-6-9-16(11-13)23-19(24)18(14(2)22(23)3)21-27(25,26)12-15-8-4-5-10-17(15)20/h4-11,21H,12H2,1-3H3. The summed E-state index contributed by atoms with van der Waals surface area (Å²) in [5.41, 5.74) is 1.56. The second kappa shape index (κ2) is 7.03. The molecule has 0 aliphatic carbocycles. The van der Waals surface area contributed by atoms with Gasteiger partial charge in [0.1, 0.15) is 11.5 Å². The van der Waals surface area contributed by atoms with Crippen LogP contribution in [-0.2, 0) is 22.8 Å². The van der Waals surface area contributed by atoms with Crippen LogP contribution >= 0.6 is 0 Å². The van der Waals surface area contributed by atoms with Crippen molar-refractivity contribution in [2.45, 2.75) is 19.6 Å². The van der Waals surface area contributed by atoms with Crippen LogP contribution < -0.4 is 10.3 Å². The Labute approximate surface area is 156 Å². The van der Waals surface area contributed by atoms with Gasteiger partial charge in [0.25, 0.3) is 5.56 Å². The van der Waals surface area contributed by atoms with Crippen LogP contribution in [0.5, 0.6) is 0 Å². The summed E-state index contributed by atoms with van der Waals surface area (Å²) in [5.74, 6) is -1.16. The first-order valence-electron chi connectivity index (χ1n) is 8.29. The van der Waals surface area contributed by atoms with Gasteiger partial charge >= 0.3 is 0 Å². The Morgan fingerprint density at radius 2 is 1.78 bits per heavy atom. The van der Waals surface area contributed by atoms with Crippen molar-refractivity contribution in [1.82, 2.24) is 9.36 Å². The number of nitrogens with one attached hydrogen (secondary N) is 1. The highest BCUT2D eigenvalue weighted by Gasteiger charge is 2.22. The van der Waals surface area contributed by atoms with Gasteiger partial charge in [0.05, 0.1) is 17.1 Å². The van der Waals surface area contributed by atoms with Gasteiger partial charge < -0.3 is 0 Å². The van der Waals surface area contributed by atoms with E-state index in [-0.39, 0.29) is 11.3 Å². The highest BCUT2D eigenvalue weighted by Crippen LogP contribution is 2.18. The Hall–Kier alpha value is -2.87. The summed E-state index contributed by atoms with van der Waals surface area (Å²) in [4.78, 5) is 12.9. The van der Waals surface area contributed by atoms with Crippen LogP contribution in [-0.4, -0.2) is 17.8 Å². The van der Waals surface area contributed by atoms with Crippen molar-refractivity contribution >= 4 is 15.7 Å². The summed E-state index contributed by atoms with van der Waals surface area (Å²) >= 11 is 0. The van der Waals surface area contributed by atoms with Crippen LogP contribution in [0.1, 0.15) is 16.8 Å². The fourth-order valence-corrected chi connectivity index (χ4v) is 4.15. The van der Waals surface area contributed by atoms with Crippen LogP contribution in [0.4, 0.5) is 10.1 Å². The summed E-state index contributed by atoms with van der Waals surface area (Å²) in [7, 11) is -2.29. The van der Waals surface area contributed by atoms with E-state index in [4.69, 9.17) is 0 Å². The summed E-state index contributed by atoms with van der Waals surface area (Å²) in [6.45, 7) is 3.55. The number of anilines is 1. The molecule has 0 unspecified atom stereocenters. The van der Waals surface area contributed by atoms with E-state index in [0.717, 1.165) is 5.56 Å². The Bertz CT molecular complexity index is 1160. The van der Waals surface area contributed by atoms with E-state index in [9.17, 15) is 17.6 Å². The Morgan fingerprint density at radius 1 is 1.07 bits per heavy atom. The van der Waals surface area contributed by atoms with Crippen molar-refractivity contribution in [3.63, 3.8) is 0 Å². The molecular weight excluding hydrogens is 369 g/mol. The third-order valence-electron chi connectivity index (χ3n) is 4.36. The molecule has 0 saturated heterocycles. The molecule has 142 valence electrons. The predicted molar refractivity (Wildman–Crippen MR) is 103 cm³/mol. The Morgan fingerprint density at radius 3 is 2.44 bits per heavy atom. The van der Waals surface area contributed by atoms with Crippen molar-refractivity contribution in [3.8, 4) is 5.69 Å². The normalized spacial score (nSPS) is 11.6. The number of aryl methyl sites for hydroxylation is 1. The maximum Gasteiger partial charge on any atom is 0.296 e. The molecule has 0 spiro atoms. The molecule has 0 amide bonds. The first-order chi connectivity index (χ1) is 12.7. The van der Waals surface area contributed by atoms with E-state index < -0.39 is 27.2 Å². The quantitative estimate of drug-likeness (QED) is 0.729. The highest BCUT2D eigenvalue weighted by molar-refractivity contribution is 7.91. The zero-order chi connectivity index (χ0) is 19.8. The van der Waals surface area contributed by atoms with E-state index >= 15 is 0 Å². The van der Waals surface area contributed by atoms with Crippen LogP contribution in [0.25, 0.3) is 5.69 Å². The van der Waals surface area contributed by atoms with Gasteiger partial charge in [-0.1, -0.05) is 30.3 Å². The third kappa shape index (κ3) is 3.80. The second-order valence-corrected chi connectivity index (χ2v) is 8.11. The molecule has 1 aromatic heterocycles. The predicted octanol–water partition coefficient (Wildman–Crippen LogP) is 2.87. The van der Waals surface area contributed by atoms with E-state index in [1.54, 1.807) is 30.8 Å². The minimum Gasteiger partial charge on any atom is -0.283 e. The SMILES string of the molecule is Cc1cccc(-n2c(=O)c(NS(=O)(=O)Cc3ccccc3F)c(C)n2C)c1. The molecule has 0 aliphatic rings. The van der Waals surface area contributed by atoms with E-state index in [2.05, 4.69) is 4.72 Å². The monoisotopic (exact) mass is 389 g/mol. The summed E-state index contributed by atoms with van der Waals surface area (Å²) < 4.78 is 44.1. The minimum atomic E-state index is -3.97. The number of hydrogen-bond donors (Lipinski definition) is 1. The lowest BCUT2D eigenvalue weighted by atomic mass is 10.2. The third-order valence-corrected chi connectivity index (χ3v) is 5.57. The summed E-state index contributed by atoms with van der Waals surface area (Å²) in [5, 5.41) is 0. The fraction of sp³-hybridized carbons (Fsp3) is 0.211. The van der Waals surface area contributed by atoms with Crippen molar-refractivity contribution in [2.24, 2.45) is 7.05 Å². The highest BCUT2D eigenvalue weighted by atomic mass is 32.2. The number of nitrogens with zero attached hydrogens (tertiary/aromatic N) is 2. The van der Waals surface area contributed by atoms with Gasteiger partial charge in [-0.25, -0.2) is 17.5 Å². The summed E-state index contributed by atoms with van der Waals surface area (Å²) in [6.07, 6.45) is 0. The summed E-state index contributed by atoms with van der Waals surface area (Å²) in [6, 6.07) is 13.0. The zero-order valence-corrected chi connectivity index (χ0v) is 16.0. The van der Waals surface area contributed by atoms with Gasteiger partial charge in [-0.15, -0.1) is 0 Å². The minimum absolute atomic E-state index is 0.0394. The number of hydrogen-bond acceptors (Lipinski definition) is 3. The molecule has 0 aliphatic heterocycles. The van der Waals surface area contributed by atoms with Gasteiger partial charge in [-0.3, -0.25) is 14.2 Å². The maximum atomic E-state index is 13.8. The van der Waals surface area contributed by atoms with E-state index in [1.165, 1.54) is 22.9 Å². The molecule has 0 bridgehead atoms. The van der Waals surface area contributed by atoms with Crippen molar-refractivity contribution in [3.05, 3.63) is 81.5 Å². The van der Waals surface area contributed by atoms with Gasteiger partial charge in [-0.05, 0) is 37.6 Å². The largest absolute Gasteiger partial charge is 0.296 e. The molecule has 1 N–H and O–H groups in total. The van der Waals surface area contributed by atoms with Crippen molar-refractivity contribution in [2.75, 3.05) is 4.72 Å². The number of halogens is 1. The maximum absolute atomic E-state index is 13.8. The van der Waals surface area contributed by atoms with Crippen molar-refractivity contribution < 1.29 is 12.8 Å². The number of benzene rings is 2. The first-order valence-corrected chi connectivity index (χ1v) is 9.94. The molecule has 3 aromatic rings. The molecule has 0 atom stereocenters. The average Bonchev–Trinajstić information content (AvgIpc) is 2.80. The van der Waals surface area contributed by atoms with Gasteiger partial charge in [0.2, 0.25) is 10.0 Å². The van der Waals surface area contributed by atoms with Crippen molar-refractivity contribution in [1.29, 1.82) is 0 Å². The second-order valence-electron chi connectivity index (χ2n) is 6.39. The topological polar surface area (TPSA) is 73.1 Å². The van der Waals surface area contributed by atoms with Crippen LogP contribution in [0.3, 0.4) is 0 Å². The lowest BCUT2D eigenvalue weighted by molar-refractivity contribution is 0.591. The first kappa shape index (κ1) is 18.9. The lowest BCUT2D eigenvalue weighted by Crippen LogP contribution is -2.24. The molecule has 0 radical (unpaired) electrons. The Balaban J connectivity index is 2.00. The molecule has 27 heavy (non-hydrogen) atoms.